The van der Waals surface area contributed by atoms with E-state index in [1.807, 2.05) is 0 Å². The first-order chi connectivity index (χ1) is 7.56. The van der Waals surface area contributed by atoms with E-state index < -0.39 is 6.04 Å². The SMILES string of the molecule is C=CCC(N)C(=O)N(C)c1cccc(O)c1. The quantitative estimate of drug-likeness (QED) is 0.751. The fraction of sp³-hybridized carbons (Fsp3) is 0.250. The number of nitrogens with two attached hydrogens (primary N) is 1. The number of phenolic OH excluding ortho intramolecular Hbond substituents is 1. The van der Waals surface area contributed by atoms with E-state index in [0.717, 1.165) is 0 Å². The van der Waals surface area contributed by atoms with Crippen molar-refractivity contribution in [2.24, 2.45) is 5.73 Å². The maximum Gasteiger partial charge on any atom is 0.243 e. The molecule has 0 aliphatic carbocycles. The van der Waals surface area contributed by atoms with Gasteiger partial charge in [-0.15, -0.1) is 6.58 Å². The largest absolute Gasteiger partial charge is 0.508 e. The van der Waals surface area contributed by atoms with E-state index >= 15 is 0 Å². The monoisotopic (exact) mass is 220 g/mol. The van der Waals surface area contributed by atoms with E-state index in [-0.39, 0.29) is 11.7 Å². The average Bonchev–Trinajstić information content (AvgIpc) is 2.27. The fourth-order valence-corrected chi connectivity index (χ4v) is 1.36. The number of benzene rings is 1. The number of amides is 1. The van der Waals surface area contributed by atoms with Crippen LogP contribution in [0.15, 0.2) is 36.9 Å². The molecular weight excluding hydrogens is 204 g/mol. The van der Waals surface area contributed by atoms with Crippen LogP contribution >= 0.6 is 0 Å². The van der Waals surface area contributed by atoms with Crippen molar-refractivity contribution in [3.05, 3.63) is 36.9 Å². The second kappa shape index (κ2) is 5.32. The lowest BCUT2D eigenvalue weighted by Gasteiger charge is -2.20. The van der Waals surface area contributed by atoms with Gasteiger partial charge < -0.3 is 15.7 Å². The molecule has 0 aliphatic heterocycles. The summed E-state index contributed by atoms with van der Waals surface area (Å²) < 4.78 is 0. The zero-order valence-corrected chi connectivity index (χ0v) is 9.26. The van der Waals surface area contributed by atoms with Crippen molar-refractivity contribution in [3.63, 3.8) is 0 Å². The van der Waals surface area contributed by atoms with Crippen LogP contribution in [0.4, 0.5) is 5.69 Å². The van der Waals surface area contributed by atoms with E-state index in [4.69, 9.17) is 5.73 Å². The Balaban J connectivity index is 2.81. The molecule has 0 saturated carbocycles. The summed E-state index contributed by atoms with van der Waals surface area (Å²) in [6.07, 6.45) is 2.04. The van der Waals surface area contributed by atoms with Gasteiger partial charge in [-0.05, 0) is 18.6 Å². The molecule has 0 bridgehead atoms. The van der Waals surface area contributed by atoms with Gasteiger partial charge in [0.15, 0.2) is 0 Å². The van der Waals surface area contributed by atoms with Gasteiger partial charge in [-0.1, -0.05) is 12.1 Å². The summed E-state index contributed by atoms with van der Waals surface area (Å²) in [5.74, 6) is -0.0834. The lowest BCUT2D eigenvalue weighted by molar-refractivity contribution is -0.119. The minimum atomic E-state index is -0.593. The molecule has 4 nitrogen and oxygen atoms in total. The highest BCUT2D eigenvalue weighted by Crippen LogP contribution is 2.19. The van der Waals surface area contributed by atoms with Crippen molar-refractivity contribution in [2.45, 2.75) is 12.5 Å². The summed E-state index contributed by atoms with van der Waals surface area (Å²) in [5, 5.41) is 9.30. The molecule has 0 radical (unpaired) electrons. The smallest absolute Gasteiger partial charge is 0.243 e. The highest BCUT2D eigenvalue weighted by atomic mass is 16.3. The Morgan fingerprint density at radius 1 is 1.69 bits per heavy atom. The van der Waals surface area contributed by atoms with Crippen LogP contribution in [0.5, 0.6) is 5.75 Å². The Bertz CT molecular complexity index is 390. The summed E-state index contributed by atoms with van der Waals surface area (Å²) in [5.41, 5.74) is 6.29. The topological polar surface area (TPSA) is 66.6 Å². The molecule has 16 heavy (non-hydrogen) atoms. The number of nitrogens with zero attached hydrogens (tertiary/aromatic N) is 1. The molecule has 0 aliphatic rings. The molecule has 1 aromatic rings. The Labute approximate surface area is 95.0 Å². The van der Waals surface area contributed by atoms with E-state index in [1.54, 1.807) is 31.3 Å². The van der Waals surface area contributed by atoms with Gasteiger partial charge in [-0.3, -0.25) is 4.79 Å². The maximum absolute atomic E-state index is 11.8. The zero-order chi connectivity index (χ0) is 12.1. The number of hydrogen-bond acceptors (Lipinski definition) is 3. The van der Waals surface area contributed by atoms with Crippen molar-refractivity contribution >= 4 is 11.6 Å². The minimum Gasteiger partial charge on any atom is -0.508 e. The number of carbonyl (C=O) groups is 1. The average molecular weight is 220 g/mol. The summed E-state index contributed by atoms with van der Waals surface area (Å²) >= 11 is 0. The van der Waals surface area contributed by atoms with Gasteiger partial charge >= 0.3 is 0 Å². The summed E-state index contributed by atoms with van der Waals surface area (Å²) in [7, 11) is 1.63. The molecule has 86 valence electrons. The van der Waals surface area contributed by atoms with Crippen molar-refractivity contribution in [1.29, 1.82) is 0 Å². The molecule has 1 amide bonds. The molecule has 1 atom stereocenters. The second-order valence-corrected chi connectivity index (χ2v) is 3.55. The first-order valence-electron chi connectivity index (χ1n) is 4.99. The number of anilines is 1. The van der Waals surface area contributed by atoms with Crippen LogP contribution < -0.4 is 10.6 Å². The second-order valence-electron chi connectivity index (χ2n) is 3.55. The molecule has 0 aromatic heterocycles. The Kier molecular flexibility index (Phi) is 4.08. The van der Waals surface area contributed by atoms with Crippen LogP contribution in [-0.4, -0.2) is 24.1 Å². The summed E-state index contributed by atoms with van der Waals surface area (Å²) in [4.78, 5) is 13.2. The van der Waals surface area contributed by atoms with E-state index in [2.05, 4.69) is 6.58 Å². The third kappa shape index (κ3) is 2.84. The zero-order valence-electron chi connectivity index (χ0n) is 9.26. The van der Waals surface area contributed by atoms with Gasteiger partial charge in [0.25, 0.3) is 0 Å². The highest BCUT2D eigenvalue weighted by molar-refractivity contribution is 5.96. The van der Waals surface area contributed by atoms with Crippen LogP contribution in [0.3, 0.4) is 0 Å². The normalized spacial score (nSPS) is 11.9. The Morgan fingerprint density at radius 3 is 2.94 bits per heavy atom. The van der Waals surface area contributed by atoms with Crippen molar-refractivity contribution in [2.75, 3.05) is 11.9 Å². The van der Waals surface area contributed by atoms with Gasteiger partial charge in [0.1, 0.15) is 5.75 Å². The Hall–Kier alpha value is -1.81. The maximum atomic E-state index is 11.8. The van der Waals surface area contributed by atoms with Gasteiger partial charge in [-0.25, -0.2) is 0 Å². The molecular formula is C12H16N2O2. The molecule has 0 spiro atoms. The van der Waals surface area contributed by atoms with Crippen molar-refractivity contribution in [1.82, 2.24) is 0 Å². The number of aromatic hydroxyl groups is 1. The van der Waals surface area contributed by atoms with Crippen LogP contribution in [0.1, 0.15) is 6.42 Å². The van der Waals surface area contributed by atoms with Crippen molar-refractivity contribution in [3.8, 4) is 5.75 Å². The number of rotatable bonds is 4. The number of carbonyl (C=O) groups excluding carboxylic acids is 1. The first kappa shape index (κ1) is 12.3. The third-order valence-corrected chi connectivity index (χ3v) is 2.29. The van der Waals surface area contributed by atoms with Crippen LogP contribution in [0.2, 0.25) is 0 Å². The number of phenols is 1. The molecule has 0 saturated heterocycles. The molecule has 1 unspecified atom stereocenters. The molecule has 1 rings (SSSR count). The van der Waals surface area contributed by atoms with Gasteiger partial charge in [0.2, 0.25) is 5.91 Å². The summed E-state index contributed by atoms with van der Waals surface area (Å²) in [6, 6.07) is 5.88. The van der Waals surface area contributed by atoms with Gasteiger partial charge in [-0.2, -0.15) is 0 Å². The fourth-order valence-electron chi connectivity index (χ4n) is 1.36. The van der Waals surface area contributed by atoms with E-state index in [9.17, 15) is 9.90 Å². The van der Waals surface area contributed by atoms with E-state index in [0.29, 0.717) is 12.1 Å². The standard InChI is InChI=1S/C12H16N2O2/c1-3-5-11(13)12(16)14(2)9-6-4-7-10(15)8-9/h3-4,6-8,11,15H,1,5,13H2,2H3. The van der Waals surface area contributed by atoms with Crippen LogP contribution in [0.25, 0.3) is 0 Å². The lowest BCUT2D eigenvalue weighted by Crippen LogP contribution is -2.41. The lowest BCUT2D eigenvalue weighted by atomic mass is 10.2. The predicted molar refractivity (Wildman–Crippen MR) is 64.3 cm³/mol. The van der Waals surface area contributed by atoms with E-state index in [1.165, 1.54) is 11.0 Å². The number of likely N-dealkylation sites (N-methyl/N-ethyl adjacent to an activating group) is 1. The molecule has 0 heterocycles. The van der Waals surface area contributed by atoms with Gasteiger partial charge in [0.05, 0.1) is 6.04 Å². The predicted octanol–water partition coefficient (Wildman–Crippen LogP) is 1.26. The number of hydrogen-bond donors (Lipinski definition) is 2. The molecule has 0 fully saturated rings. The Morgan fingerprint density at radius 2 is 2.38 bits per heavy atom. The van der Waals surface area contributed by atoms with Crippen LogP contribution in [-0.2, 0) is 4.79 Å². The highest BCUT2D eigenvalue weighted by Gasteiger charge is 2.17. The third-order valence-electron chi connectivity index (χ3n) is 2.29. The van der Waals surface area contributed by atoms with Crippen LogP contribution in [0, 0.1) is 0 Å². The van der Waals surface area contributed by atoms with Crippen molar-refractivity contribution < 1.29 is 9.90 Å². The molecule has 1 aromatic carbocycles. The first-order valence-corrected chi connectivity index (χ1v) is 4.99. The van der Waals surface area contributed by atoms with Gasteiger partial charge in [0, 0.05) is 18.8 Å². The minimum absolute atomic E-state index is 0.120. The summed E-state index contributed by atoms with van der Waals surface area (Å²) in [6.45, 7) is 3.54. The molecule has 4 heteroatoms. The molecule has 3 N–H and O–H groups in total.